The number of nitrogens with one attached hydrogen (secondary N) is 2. The van der Waals surface area contributed by atoms with Gasteiger partial charge in [0.25, 0.3) is 0 Å². The number of fused-ring (bicyclic) bond motifs is 2. The Morgan fingerprint density at radius 3 is 3.00 bits per heavy atom. The average Bonchev–Trinajstić information content (AvgIpc) is 3.04. The van der Waals surface area contributed by atoms with Gasteiger partial charge >= 0.3 is 0 Å². The summed E-state index contributed by atoms with van der Waals surface area (Å²) < 4.78 is 5.53. The van der Waals surface area contributed by atoms with Crippen molar-refractivity contribution in [2.45, 2.75) is 38.3 Å². The number of carbonyl (C=O) groups excluding carboxylic acids is 1. The molecule has 20 heavy (non-hydrogen) atoms. The van der Waals surface area contributed by atoms with Crippen LogP contribution < -0.4 is 15.4 Å². The van der Waals surface area contributed by atoms with Crippen LogP contribution in [0.1, 0.15) is 26.2 Å². The standard InChI is InChI=1S/C15H19ClN2O2/c1-2-20-14-6-3-9(16)7-13(14)18-15(19)11-8-10-4-5-12(11)17-10/h3,6-7,10-12,17H,2,4-5,8H2,1H3,(H,18,19). The molecule has 3 atom stereocenters. The molecule has 0 saturated carbocycles. The number of benzene rings is 1. The highest BCUT2D eigenvalue weighted by Gasteiger charge is 2.42. The Kier molecular flexibility index (Phi) is 3.85. The first kappa shape index (κ1) is 13.7. The van der Waals surface area contributed by atoms with Gasteiger partial charge in [0.05, 0.1) is 18.2 Å². The van der Waals surface area contributed by atoms with Crippen LogP contribution in [0.5, 0.6) is 5.75 Å². The van der Waals surface area contributed by atoms with Gasteiger partial charge in [-0.2, -0.15) is 0 Å². The predicted octanol–water partition coefficient (Wildman–Crippen LogP) is 2.82. The van der Waals surface area contributed by atoms with Crippen molar-refractivity contribution in [3.8, 4) is 5.75 Å². The smallest absolute Gasteiger partial charge is 0.229 e. The lowest BCUT2D eigenvalue weighted by molar-refractivity contribution is -0.120. The van der Waals surface area contributed by atoms with Gasteiger partial charge in [-0.05, 0) is 44.4 Å². The highest BCUT2D eigenvalue weighted by molar-refractivity contribution is 6.31. The van der Waals surface area contributed by atoms with Gasteiger partial charge in [0, 0.05) is 17.1 Å². The Labute approximate surface area is 123 Å². The SMILES string of the molecule is CCOc1ccc(Cl)cc1NC(=O)C1CC2CCC1N2. The maximum Gasteiger partial charge on any atom is 0.229 e. The molecule has 1 aromatic carbocycles. The zero-order valence-corrected chi connectivity index (χ0v) is 12.2. The number of ether oxygens (including phenoxy) is 1. The molecule has 2 fully saturated rings. The van der Waals surface area contributed by atoms with Gasteiger partial charge in [-0.25, -0.2) is 0 Å². The van der Waals surface area contributed by atoms with Crippen LogP contribution in [0.25, 0.3) is 0 Å². The molecule has 4 nitrogen and oxygen atoms in total. The van der Waals surface area contributed by atoms with E-state index in [0.717, 1.165) is 12.8 Å². The molecular formula is C15H19ClN2O2. The minimum atomic E-state index is 0.0576. The summed E-state index contributed by atoms with van der Waals surface area (Å²) in [4.78, 5) is 12.4. The monoisotopic (exact) mass is 294 g/mol. The fourth-order valence-corrected chi connectivity index (χ4v) is 3.39. The third-order valence-corrected chi connectivity index (χ3v) is 4.37. The molecule has 2 N–H and O–H groups in total. The van der Waals surface area contributed by atoms with E-state index in [1.165, 1.54) is 6.42 Å². The molecule has 2 aliphatic heterocycles. The third-order valence-electron chi connectivity index (χ3n) is 4.14. The molecule has 1 aromatic rings. The number of halogens is 1. The van der Waals surface area contributed by atoms with E-state index in [-0.39, 0.29) is 11.8 Å². The average molecular weight is 295 g/mol. The fourth-order valence-electron chi connectivity index (χ4n) is 3.22. The molecule has 0 aromatic heterocycles. The minimum absolute atomic E-state index is 0.0576. The number of hydrogen-bond acceptors (Lipinski definition) is 3. The number of rotatable bonds is 4. The molecule has 2 aliphatic rings. The first-order valence-electron chi connectivity index (χ1n) is 7.16. The highest BCUT2D eigenvalue weighted by atomic mass is 35.5. The topological polar surface area (TPSA) is 50.4 Å². The van der Waals surface area contributed by atoms with Crippen molar-refractivity contribution < 1.29 is 9.53 Å². The normalized spacial score (nSPS) is 27.6. The Bertz CT molecular complexity index is 521. The summed E-state index contributed by atoms with van der Waals surface area (Å²) in [5.41, 5.74) is 0.659. The summed E-state index contributed by atoms with van der Waals surface area (Å²) in [6.45, 7) is 2.47. The van der Waals surface area contributed by atoms with Crippen molar-refractivity contribution >= 4 is 23.2 Å². The fraction of sp³-hybridized carbons (Fsp3) is 0.533. The van der Waals surface area contributed by atoms with E-state index in [9.17, 15) is 4.79 Å². The molecule has 0 aliphatic carbocycles. The van der Waals surface area contributed by atoms with Crippen LogP contribution in [0.3, 0.4) is 0 Å². The van der Waals surface area contributed by atoms with Crippen LogP contribution in [0.15, 0.2) is 18.2 Å². The first-order valence-corrected chi connectivity index (χ1v) is 7.54. The van der Waals surface area contributed by atoms with Gasteiger partial charge in [0.2, 0.25) is 5.91 Å². The van der Waals surface area contributed by atoms with Crippen molar-refractivity contribution in [2.75, 3.05) is 11.9 Å². The van der Waals surface area contributed by atoms with Crippen LogP contribution in [0, 0.1) is 5.92 Å². The number of carbonyl (C=O) groups is 1. The highest BCUT2D eigenvalue weighted by Crippen LogP contribution is 2.35. The molecule has 3 unspecified atom stereocenters. The lowest BCUT2D eigenvalue weighted by Crippen LogP contribution is -2.32. The molecule has 2 bridgehead atoms. The molecule has 3 rings (SSSR count). The molecule has 0 radical (unpaired) electrons. The van der Waals surface area contributed by atoms with E-state index in [0.29, 0.717) is 35.2 Å². The zero-order valence-electron chi connectivity index (χ0n) is 11.5. The Hall–Kier alpha value is -1.26. The largest absolute Gasteiger partial charge is 0.492 e. The number of anilines is 1. The summed E-state index contributed by atoms with van der Waals surface area (Å²) in [6.07, 6.45) is 3.22. The summed E-state index contributed by atoms with van der Waals surface area (Å²) in [5, 5.41) is 7.04. The van der Waals surface area contributed by atoms with Crippen LogP contribution in [-0.2, 0) is 4.79 Å². The molecule has 1 amide bonds. The second-order valence-corrected chi connectivity index (χ2v) is 5.89. The number of hydrogen-bond donors (Lipinski definition) is 2. The molecule has 108 valence electrons. The predicted molar refractivity (Wildman–Crippen MR) is 79.3 cm³/mol. The van der Waals surface area contributed by atoms with Gasteiger partial charge in [0.1, 0.15) is 5.75 Å². The lowest BCUT2D eigenvalue weighted by Gasteiger charge is -2.20. The second-order valence-electron chi connectivity index (χ2n) is 5.45. The molecule has 5 heteroatoms. The van der Waals surface area contributed by atoms with Gasteiger partial charge in [-0.15, -0.1) is 0 Å². The van der Waals surface area contributed by atoms with E-state index in [1.54, 1.807) is 18.2 Å². The maximum atomic E-state index is 12.4. The van der Waals surface area contributed by atoms with Crippen LogP contribution in [-0.4, -0.2) is 24.6 Å². The van der Waals surface area contributed by atoms with E-state index >= 15 is 0 Å². The summed E-state index contributed by atoms with van der Waals surface area (Å²) in [6, 6.07) is 6.14. The van der Waals surface area contributed by atoms with Crippen LogP contribution in [0.2, 0.25) is 5.02 Å². The first-order chi connectivity index (χ1) is 9.67. The van der Waals surface area contributed by atoms with Crippen molar-refractivity contribution in [3.05, 3.63) is 23.2 Å². The van der Waals surface area contributed by atoms with Gasteiger partial charge in [-0.3, -0.25) is 4.79 Å². The molecular weight excluding hydrogens is 276 g/mol. The van der Waals surface area contributed by atoms with Crippen LogP contribution >= 0.6 is 11.6 Å². The van der Waals surface area contributed by atoms with E-state index in [4.69, 9.17) is 16.3 Å². The van der Waals surface area contributed by atoms with Crippen molar-refractivity contribution in [1.82, 2.24) is 5.32 Å². The minimum Gasteiger partial charge on any atom is -0.492 e. The zero-order chi connectivity index (χ0) is 14.1. The van der Waals surface area contributed by atoms with E-state index < -0.39 is 0 Å². The van der Waals surface area contributed by atoms with E-state index in [2.05, 4.69) is 10.6 Å². The quantitative estimate of drug-likeness (QED) is 0.898. The van der Waals surface area contributed by atoms with Crippen LogP contribution in [0.4, 0.5) is 5.69 Å². The summed E-state index contributed by atoms with van der Waals surface area (Å²) >= 11 is 6.00. The molecule has 2 saturated heterocycles. The van der Waals surface area contributed by atoms with E-state index in [1.807, 2.05) is 6.92 Å². The maximum absolute atomic E-state index is 12.4. The van der Waals surface area contributed by atoms with Crippen molar-refractivity contribution in [2.24, 2.45) is 5.92 Å². The second kappa shape index (κ2) is 5.62. The Morgan fingerprint density at radius 2 is 2.35 bits per heavy atom. The van der Waals surface area contributed by atoms with Gasteiger partial charge < -0.3 is 15.4 Å². The Balaban J connectivity index is 1.73. The molecule has 2 heterocycles. The lowest BCUT2D eigenvalue weighted by atomic mass is 9.88. The van der Waals surface area contributed by atoms with Gasteiger partial charge in [-0.1, -0.05) is 11.6 Å². The third kappa shape index (κ3) is 2.63. The van der Waals surface area contributed by atoms with Crippen molar-refractivity contribution in [1.29, 1.82) is 0 Å². The number of amides is 1. The summed E-state index contributed by atoms with van der Waals surface area (Å²) in [7, 11) is 0. The van der Waals surface area contributed by atoms with Gasteiger partial charge in [0.15, 0.2) is 0 Å². The molecule has 0 spiro atoms. The Morgan fingerprint density at radius 1 is 1.50 bits per heavy atom. The van der Waals surface area contributed by atoms with Crippen molar-refractivity contribution in [3.63, 3.8) is 0 Å². The summed E-state index contributed by atoms with van der Waals surface area (Å²) in [5.74, 6) is 0.788.